The van der Waals surface area contributed by atoms with Gasteiger partial charge in [0.15, 0.2) is 0 Å². The molecule has 0 fully saturated rings. The Morgan fingerprint density at radius 2 is 1.64 bits per heavy atom. The fraction of sp³-hybridized carbons (Fsp3) is 0.400. The third kappa shape index (κ3) is 3.38. The number of halogens is 3. The lowest BCUT2D eigenvalue weighted by atomic mass is 10.0. The van der Waals surface area contributed by atoms with E-state index in [0.29, 0.717) is 5.56 Å². The molecule has 4 heteroatoms. The molecular weight excluding hydrogens is 193 g/mol. The fourth-order valence-corrected chi connectivity index (χ4v) is 1.31. The summed E-state index contributed by atoms with van der Waals surface area (Å²) in [6.07, 6.45) is -4.85. The van der Waals surface area contributed by atoms with Gasteiger partial charge in [-0.15, -0.1) is 0 Å². The molecule has 0 aliphatic carbocycles. The normalized spacial score (nSPS) is 11.7. The molecule has 1 rings (SSSR count). The van der Waals surface area contributed by atoms with E-state index in [4.69, 9.17) is 5.11 Å². The number of benzene rings is 1. The fourth-order valence-electron chi connectivity index (χ4n) is 1.31. The molecule has 1 N–H and O–H groups in total. The first-order chi connectivity index (χ1) is 6.53. The van der Waals surface area contributed by atoms with Crippen molar-refractivity contribution in [2.45, 2.75) is 19.0 Å². The summed E-state index contributed by atoms with van der Waals surface area (Å²) >= 11 is 0. The highest BCUT2D eigenvalue weighted by Gasteiger charge is 2.28. The van der Waals surface area contributed by atoms with Crippen LogP contribution in [0.1, 0.15) is 11.1 Å². The monoisotopic (exact) mass is 204 g/mol. The van der Waals surface area contributed by atoms with Gasteiger partial charge in [0, 0.05) is 6.61 Å². The minimum absolute atomic E-state index is 0.130. The summed E-state index contributed by atoms with van der Waals surface area (Å²) in [5.74, 6) is 0. The topological polar surface area (TPSA) is 20.2 Å². The number of rotatable bonds is 3. The molecular formula is C10H11F3O. The second-order valence-corrected chi connectivity index (χ2v) is 3.03. The predicted octanol–water partition coefficient (Wildman–Crippen LogP) is 2.33. The molecule has 14 heavy (non-hydrogen) atoms. The zero-order chi connectivity index (χ0) is 10.6. The van der Waals surface area contributed by atoms with Gasteiger partial charge in [-0.1, -0.05) is 24.3 Å². The highest BCUT2D eigenvalue weighted by molar-refractivity contribution is 5.28. The van der Waals surface area contributed by atoms with Gasteiger partial charge in [0.05, 0.1) is 6.42 Å². The van der Waals surface area contributed by atoms with E-state index in [9.17, 15) is 13.2 Å². The van der Waals surface area contributed by atoms with Gasteiger partial charge in [0.1, 0.15) is 0 Å². The van der Waals surface area contributed by atoms with Crippen LogP contribution in [0, 0.1) is 0 Å². The van der Waals surface area contributed by atoms with E-state index in [1.54, 1.807) is 18.2 Å². The lowest BCUT2D eigenvalue weighted by Gasteiger charge is -2.10. The molecule has 0 saturated heterocycles. The van der Waals surface area contributed by atoms with E-state index in [1.807, 2.05) is 0 Å². The Morgan fingerprint density at radius 3 is 2.14 bits per heavy atom. The Bertz CT molecular complexity index is 294. The number of alkyl halides is 3. The maximum atomic E-state index is 12.1. The SMILES string of the molecule is OCCc1ccccc1CC(F)(F)F. The van der Waals surface area contributed by atoms with Crippen LogP contribution >= 0.6 is 0 Å². The van der Waals surface area contributed by atoms with E-state index >= 15 is 0 Å². The summed E-state index contributed by atoms with van der Waals surface area (Å²) in [4.78, 5) is 0. The smallest absolute Gasteiger partial charge is 0.393 e. The van der Waals surface area contributed by atoms with Gasteiger partial charge in [-0.05, 0) is 17.5 Å². The summed E-state index contributed by atoms with van der Waals surface area (Å²) in [5.41, 5.74) is 0.807. The molecule has 0 heterocycles. The van der Waals surface area contributed by atoms with Gasteiger partial charge in [0.25, 0.3) is 0 Å². The summed E-state index contributed by atoms with van der Waals surface area (Å²) in [6, 6.07) is 6.29. The van der Waals surface area contributed by atoms with Crippen molar-refractivity contribution in [2.75, 3.05) is 6.61 Å². The summed E-state index contributed by atoms with van der Waals surface area (Å²) in [6.45, 7) is -0.130. The molecule has 0 aliphatic heterocycles. The average Bonchev–Trinajstić information content (AvgIpc) is 2.06. The number of hydrogen-bond donors (Lipinski definition) is 1. The van der Waals surface area contributed by atoms with Gasteiger partial charge in [-0.25, -0.2) is 0 Å². The number of hydrogen-bond acceptors (Lipinski definition) is 1. The third-order valence-corrected chi connectivity index (χ3v) is 1.89. The molecule has 78 valence electrons. The van der Waals surface area contributed by atoms with Crippen molar-refractivity contribution in [3.8, 4) is 0 Å². The van der Waals surface area contributed by atoms with Crippen LogP contribution in [0.5, 0.6) is 0 Å². The summed E-state index contributed by atoms with van der Waals surface area (Å²) in [7, 11) is 0. The second kappa shape index (κ2) is 4.46. The molecule has 0 aromatic heterocycles. The Labute approximate surface area is 80.2 Å². The van der Waals surface area contributed by atoms with E-state index in [2.05, 4.69) is 0 Å². The van der Waals surface area contributed by atoms with Gasteiger partial charge < -0.3 is 5.11 Å². The maximum absolute atomic E-state index is 12.1. The van der Waals surface area contributed by atoms with Crippen LogP contribution in [-0.2, 0) is 12.8 Å². The molecule has 0 saturated carbocycles. The largest absolute Gasteiger partial charge is 0.396 e. The Kier molecular flexibility index (Phi) is 3.52. The second-order valence-electron chi connectivity index (χ2n) is 3.03. The zero-order valence-corrected chi connectivity index (χ0v) is 7.51. The van der Waals surface area contributed by atoms with Crippen molar-refractivity contribution < 1.29 is 18.3 Å². The summed E-state index contributed by atoms with van der Waals surface area (Å²) < 4.78 is 36.3. The molecule has 0 amide bonds. The lowest BCUT2D eigenvalue weighted by Crippen LogP contribution is -2.13. The van der Waals surface area contributed by atoms with Crippen molar-refractivity contribution in [1.82, 2.24) is 0 Å². The quantitative estimate of drug-likeness (QED) is 0.801. The first-order valence-electron chi connectivity index (χ1n) is 4.27. The molecule has 0 unspecified atom stereocenters. The molecule has 0 aliphatic rings. The van der Waals surface area contributed by atoms with Gasteiger partial charge in [-0.2, -0.15) is 13.2 Å². The van der Waals surface area contributed by atoms with Gasteiger partial charge in [-0.3, -0.25) is 0 Å². The van der Waals surface area contributed by atoms with Crippen LogP contribution < -0.4 is 0 Å². The number of aliphatic hydroxyl groups is 1. The highest BCUT2D eigenvalue weighted by Crippen LogP contribution is 2.23. The first kappa shape index (κ1) is 11.0. The first-order valence-corrected chi connectivity index (χ1v) is 4.27. The van der Waals surface area contributed by atoms with Crippen LogP contribution in [0.25, 0.3) is 0 Å². The minimum atomic E-state index is -4.19. The van der Waals surface area contributed by atoms with E-state index in [-0.39, 0.29) is 18.6 Å². The van der Waals surface area contributed by atoms with E-state index in [1.165, 1.54) is 6.07 Å². The average molecular weight is 204 g/mol. The van der Waals surface area contributed by atoms with Crippen molar-refractivity contribution in [3.63, 3.8) is 0 Å². The van der Waals surface area contributed by atoms with Crippen LogP contribution in [0.2, 0.25) is 0 Å². The predicted molar refractivity (Wildman–Crippen MR) is 47.0 cm³/mol. The Hall–Kier alpha value is -1.03. The van der Waals surface area contributed by atoms with Crippen molar-refractivity contribution in [1.29, 1.82) is 0 Å². The van der Waals surface area contributed by atoms with Crippen LogP contribution in [0.4, 0.5) is 13.2 Å². The van der Waals surface area contributed by atoms with Crippen molar-refractivity contribution in [3.05, 3.63) is 35.4 Å². The molecule has 1 aromatic rings. The minimum Gasteiger partial charge on any atom is -0.396 e. The van der Waals surface area contributed by atoms with Gasteiger partial charge >= 0.3 is 6.18 Å². The highest BCUT2D eigenvalue weighted by atomic mass is 19.4. The molecule has 1 nitrogen and oxygen atoms in total. The van der Waals surface area contributed by atoms with Crippen LogP contribution in [0.15, 0.2) is 24.3 Å². The third-order valence-electron chi connectivity index (χ3n) is 1.89. The van der Waals surface area contributed by atoms with Crippen molar-refractivity contribution >= 4 is 0 Å². The van der Waals surface area contributed by atoms with Crippen molar-refractivity contribution in [2.24, 2.45) is 0 Å². The molecule has 0 bridgehead atoms. The van der Waals surface area contributed by atoms with E-state index in [0.717, 1.165) is 0 Å². The molecule has 0 spiro atoms. The number of aliphatic hydroxyl groups excluding tert-OH is 1. The molecule has 0 radical (unpaired) electrons. The van der Waals surface area contributed by atoms with Crippen LogP contribution in [0.3, 0.4) is 0 Å². The molecule has 1 aromatic carbocycles. The standard InChI is InChI=1S/C10H11F3O/c11-10(12,13)7-9-4-2-1-3-8(9)5-6-14/h1-4,14H,5-7H2. The Balaban J connectivity index is 2.84. The Morgan fingerprint density at radius 1 is 1.07 bits per heavy atom. The summed E-state index contributed by atoms with van der Waals surface area (Å²) in [5, 5.41) is 8.66. The lowest BCUT2D eigenvalue weighted by molar-refractivity contribution is -0.127. The van der Waals surface area contributed by atoms with E-state index < -0.39 is 12.6 Å². The zero-order valence-electron chi connectivity index (χ0n) is 7.51. The molecule has 0 atom stereocenters. The van der Waals surface area contributed by atoms with Crippen LogP contribution in [-0.4, -0.2) is 17.9 Å². The van der Waals surface area contributed by atoms with Gasteiger partial charge in [0.2, 0.25) is 0 Å². The maximum Gasteiger partial charge on any atom is 0.393 e.